The third-order valence-corrected chi connectivity index (χ3v) is 4.23. The highest BCUT2D eigenvalue weighted by atomic mass is 32.1. The van der Waals surface area contributed by atoms with Crippen molar-refractivity contribution in [2.45, 2.75) is 26.9 Å². The van der Waals surface area contributed by atoms with Crippen LogP contribution in [0.1, 0.15) is 33.5 Å². The van der Waals surface area contributed by atoms with Crippen LogP contribution in [0.2, 0.25) is 0 Å². The van der Waals surface area contributed by atoms with Gasteiger partial charge in [0.2, 0.25) is 5.91 Å². The second-order valence-corrected chi connectivity index (χ2v) is 6.51. The zero-order valence-corrected chi connectivity index (χ0v) is 15.1. The van der Waals surface area contributed by atoms with Gasteiger partial charge in [0.15, 0.2) is 5.96 Å². The van der Waals surface area contributed by atoms with Crippen LogP contribution in [0.15, 0.2) is 34.6 Å². The third kappa shape index (κ3) is 5.06. The second-order valence-electron chi connectivity index (χ2n) is 5.45. The van der Waals surface area contributed by atoms with Crippen molar-refractivity contribution < 1.29 is 4.79 Å². The fraction of sp³-hybridized carbons (Fsp3) is 0.353. The molecule has 1 heterocycles. The molecule has 0 saturated heterocycles. The first-order valence-corrected chi connectivity index (χ1v) is 8.66. The first kappa shape index (κ1) is 17.9. The van der Waals surface area contributed by atoms with E-state index in [0.29, 0.717) is 18.7 Å². The van der Waals surface area contributed by atoms with Crippen LogP contribution in [0.5, 0.6) is 0 Å². The van der Waals surface area contributed by atoms with E-state index in [0.717, 1.165) is 28.8 Å². The van der Waals surface area contributed by atoms with Gasteiger partial charge in [-0.15, -0.1) is 11.3 Å². The standard InChI is InChI=1S/C17H23N5OS/c1-4-19-17(22(3)10-15-11-24-12(2)21-15)20-9-13-5-7-14(8-6-13)16(18)23/h5-8,11H,4,9-10H2,1-3H3,(H2,18,23)(H,19,20). The van der Waals surface area contributed by atoms with Crippen molar-refractivity contribution in [1.29, 1.82) is 0 Å². The Morgan fingerprint density at radius 3 is 2.62 bits per heavy atom. The van der Waals surface area contributed by atoms with E-state index >= 15 is 0 Å². The molecule has 0 spiro atoms. The predicted molar refractivity (Wildman–Crippen MR) is 98.1 cm³/mol. The van der Waals surface area contributed by atoms with E-state index < -0.39 is 5.91 Å². The summed E-state index contributed by atoms with van der Waals surface area (Å²) in [4.78, 5) is 22.3. The molecule has 128 valence electrons. The Labute approximate surface area is 146 Å². The molecule has 24 heavy (non-hydrogen) atoms. The number of hydrogen-bond acceptors (Lipinski definition) is 4. The van der Waals surface area contributed by atoms with Gasteiger partial charge in [0.1, 0.15) is 0 Å². The Hall–Kier alpha value is -2.41. The summed E-state index contributed by atoms with van der Waals surface area (Å²) in [6.07, 6.45) is 0. The van der Waals surface area contributed by atoms with Crippen molar-refractivity contribution in [3.63, 3.8) is 0 Å². The summed E-state index contributed by atoms with van der Waals surface area (Å²) in [5.74, 6) is 0.402. The summed E-state index contributed by atoms with van der Waals surface area (Å²) in [6, 6.07) is 7.19. The molecule has 1 amide bonds. The molecule has 0 unspecified atom stereocenters. The molecule has 0 atom stereocenters. The molecular weight excluding hydrogens is 322 g/mol. The lowest BCUT2D eigenvalue weighted by atomic mass is 10.1. The van der Waals surface area contributed by atoms with Gasteiger partial charge in [0.05, 0.1) is 23.8 Å². The number of carbonyl (C=O) groups is 1. The Kier molecular flexibility index (Phi) is 6.31. The van der Waals surface area contributed by atoms with Gasteiger partial charge in [-0.05, 0) is 31.5 Å². The van der Waals surface area contributed by atoms with Crippen molar-refractivity contribution in [3.05, 3.63) is 51.5 Å². The third-order valence-electron chi connectivity index (χ3n) is 3.41. The number of aryl methyl sites for hydroxylation is 1. The van der Waals surface area contributed by atoms with E-state index in [4.69, 9.17) is 5.73 Å². The number of nitrogens with two attached hydrogens (primary N) is 1. The number of aromatic nitrogens is 1. The SMILES string of the molecule is CCNC(=NCc1ccc(C(N)=O)cc1)N(C)Cc1csc(C)n1. The van der Waals surface area contributed by atoms with Gasteiger partial charge in [-0.25, -0.2) is 9.98 Å². The van der Waals surface area contributed by atoms with E-state index in [1.54, 1.807) is 23.5 Å². The maximum atomic E-state index is 11.1. The number of nitrogens with one attached hydrogen (secondary N) is 1. The minimum atomic E-state index is -0.420. The minimum absolute atomic E-state index is 0.420. The quantitative estimate of drug-likeness (QED) is 0.621. The smallest absolute Gasteiger partial charge is 0.248 e. The molecule has 7 heteroatoms. The molecule has 0 bridgehead atoms. The number of hydrogen-bond donors (Lipinski definition) is 2. The molecular formula is C17H23N5OS. The van der Waals surface area contributed by atoms with Gasteiger partial charge in [-0.1, -0.05) is 12.1 Å². The highest BCUT2D eigenvalue weighted by Gasteiger charge is 2.08. The maximum Gasteiger partial charge on any atom is 0.248 e. The molecule has 6 nitrogen and oxygen atoms in total. The van der Waals surface area contributed by atoms with Crippen LogP contribution in [-0.4, -0.2) is 35.3 Å². The summed E-state index contributed by atoms with van der Waals surface area (Å²) in [5.41, 5.74) is 7.82. The van der Waals surface area contributed by atoms with Crippen molar-refractivity contribution in [1.82, 2.24) is 15.2 Å². The van der Waals surface area contributed by atoms with Crippen LogP contribution in [0.4, 0.5) is 0 Å². The van der Waals surface area contributed by atoms with Crippen LogP contribution in [0.3, 0.4) is 0 Å². The summed E-state index contributed by atoms with van der Waals surface area (Å²) in [5, 5.41) is 6.42. The highest BCUT2D eigenvalue weighted by Crippen LogP contribution is 2.10. The molecule has 0 radical (unpaired) electrons. The molecule has 0 saturated carbocycles. The van der Waals surface area contributed by atoms with Crippen LogP contribution in [0, 0.1) is 6.92 Å². The Balaban J connectivity index is 2.04. The van der Waals surface area contributed by atoms with Gasteiger partial charge < -0.3 is 16.0 Å². The number of guanidine groups is 1. The number of primary amides is 1. The zero-order chi connectivity index (χ0) is 17.5. The van der Waals surface area contributed by atoms with E-state index in [2.05, 4.69) is 25.6 Å². The fourth-order valence-corrected chi connectivity index (χ4v) is 2.81. The van der Waals surface area contributed by atoms with Gasteiger partial charge in [0.25, 0.3) is 0 Å². The molecule has 0 aliphatic carbocycles. The van der Waals surface area contributed by atoms with E-state index in [1.807, 2.05) is 33.0 Å². The first-order chi connectivity index (χ1) is 11.5. The Morgan fingerprint density at radius 1 is 1.38 bits per heavy atom. The van der Waals surface area contributed by atoms with Crippen molar-refractivity contribution in [3.8, 4) is 0 Å². The number of nitrogens with zero attached hydrogens (tertiary/aromatic N) is 3. The molecule has 2 aromatic rings. The summed E-state index contributed by atoms with van der Waals surface area (Å²) < 4.78 is 0. The average molecular weight is 345 g/mol. The monoisotopic (exact) mass is 345 g/mol. The molecule has 3 N–H and O–H groups in total. The lowest BCUT2D eigenvalue weighted by Gasteiger charge is -2.21. The molecule has 1 aromatic heterocycles. The molecule has 0 aliphatic rings. The first-order valence-electron chi connectivity index (χ1n) is 7.78. The predicted octanol–water partition coefficient (Wildman–Crippen LogP) is 2.15. The number of benzene rings is 1. The van der Waals surface area contributed by atoms with Crippen molar-refractivity contribution >= 4 is 23.2 Å². The topological polar surface area (TPSA) is 83.6 Å². The van der Waals surface area contributed by atoms with Crippen LogP contribution >= 0.6 is 11.3 Å². The van der Waals surface area contributed by atoms with Gasteiger partial charge in [-0.2, -0.15) is 0 Å². The molecule has 0 fully saturated rings. The van der Waals surface area contributed by atoms with Crippen molar-refractivity contribution in [2.24, 2.45) is 10.7 Å². The van der Waals surface area contributed by atoms with Gasteiger partial charge >= 0.3 is 0 Å². The molecule has 0 aliphatic heterocycles. The highest BCUT2D eigenvalue weighted by molar-refractivity contribution is 7.09. The number of aliphatic imine (C=N–C) groups is 1. The Bertz CT molecular complexity index is 708. The molecule has 1 aromatic carbocycles. The lowest BCUT2D eigenvalue weighted by molar-refractivity contribution is 0.100. The van der Waals surface area contributed by atoms with Crippen LogP contribution in [-0.2, 0) is 13.1 Å². The maximum absolute atomic E-state index is 11.1. The number of amides is 1. The van der Waals surface area contributed by atoms with Crippen molar-refractivity contribution in [2.75, 3.05) is 13.6 Å². The molecule has 2 rings (SSSR count). The largest absolute Gasteiger partial charge is 0.366 e. The summed E-state index contributed by atoms with van der Waals surface area (Å²) in [6.45, 7) is 6.07. The Morgan fingerprint density at radius 2 is 2.08 bits per heavy atom. The summed E-state index contributed by atoms with van der Waals surface area (Å²) in [7, 11) is 1.99. The summed E-state index contributed by atoms with van der Waals surface area (Å²) >= 11 is 1.65. The van der Waals surface area contributed by atoms with Gasteiger partial charge in [-0.3, -0.25) is 4.79 Å². The van der Waals surface area contributed by atoms with E-state index in [9.17, 15) is 4.79 Å². The number of carbonyl (C=O) groups excluding carboxylic acids is 1. The second kappa shape index (κ2) is 8.44. The lowest BCUT2D eigenvalue weighted by Crippen LogP contribution is -2.38. The van der Waals surface area contributed by atoms with Crippen LogP contribution in [0.25, 0.3) is 0 Å². The zero-order valence-electron chi connectivity index (χ0n) is 14.2. The van der Waals surface area contributed by atoms with E-state index in [1.165, 1.54) is 0 Å². The number of rotatable bonds is 6. The minimum Gasteiger partial charge on any atom is -0.366 e. The van der Waals surface area contributed by atoms with Crippen LogP contribution < -0.4 is 11.1 Å². The van der Waals surface area contributed by atoms with E-state index in [-0.39, 0.29) is 0 Å². The fourth-order valence-electron chi connectivity index (χ4n) is 2.21. The average Bonchev–Trinajstić information content (AvgIpc) is 2.96. The normalized spacial score (nSPS) is 11.4. The van der Waals surface area contributed by atoms with Gasteiger partial charge in [0, 0.05) is 24.5 Å². The number of thiazole rings is 1.